The Balaban J connectivity index is 2.03. The molecule has 1 aliphatic rings. The quantitative estimate of drug-likeness (QED) is 0.785. The summed E-state index contributed by atoms with van der Waals surface area (Å²) < 4.78 is 37.9. The first-order valence-corrected chi connectivity index (χ1v) is 6.06. The van der Waals surface area contributed by atoms with Crippen molar-refractivity contribution in [1.82, 2.24) is 9.97 Å². The van der Waals surface area contributed by atoms with Crippen LogP contribution in [-0.2, 0) is 19.0 Å². The number of halogens is 3. The zero-order valence-corrected chi connectivity index (χ0v) is 10.0. The molecule has 0 saturated carbocycles. The summed E-state index contributed by atoms with van der Waals surface area (Å²) in [5, 5.41) is 0. The molecule has 0 aromatic carbocycles. The lowest BCUT2D eigenvalue weighted by molar-refractivity contribution is -0.141. The molecule has 0 spiro atoms. The number of fused-ring (bicyclic) bond motifs is 1. The van der Waals surface area contributed by atoms with Gasteiger partial charge in [0.25, 0.3) is 0 Å². The Morgan fingerprint density at radius 1 is 1.05 bits per heavy atom. The van der Waals surface area contributed by atoms with Crippen LogP contribution in [0.4, 0.5) is 13.2 Å². The maximum Gasteiger partial charge on any atom is 0.433 e. The van der Waals surface area contributed by atoms with E-state index in [9.17, 15) is 13.2 Å². The Labute approximate surface area is 108 Å². The summed E-state index contributed by atoms with van der Waals surface area (Å²) in [6.07, 6.45) is -0.275. The number of nitrogens with zero attached hydrogens (tertiary/aromatic N) is 2. The minimum atomic E-state index is -4.42. The fourth-order valence-electron chi connectivity index (χ4n) is 2.33. The average molecular weight is 264 g/mol. The Morgan fingerprint density at radius 2 is 1.89 bits per heavy atom. The standard InChI is InChI=1S/C14H11F3N2/c15-14(16,17)13-8-10(6-7-18-13)12-5-4-9-2-1-3-11(9)19-12/h4-8H,1-3H2. The molecule has 19 heavy (non-hydrogen) atoms. The topological polar surface area (TPSA) is 25.8 Å². The molecule has 2 aromatic rings. The first-order chi connectivity index (χ1) is 9.04. The lowest BCUT2D eigenvalue weighted by Crippen LogP contribution is -2.07. The summed E-state index contributed by atoms with van der Waals surface area (Å²) in [7, 11) is 0. The van der Waals surface area contributed by atoms with Gasteiger partial charge in [-0.05, 0) is 43.0 Å². The number of hydrogen-bond acceptors (Lipinski definition) is 2. The van der Waals surface area contributed by atoms with Gasteiger partial charge in [-0.2, -0.15) is 13.2 Å². The van der Waals surface area contributed by atoms with Gasteiger partial charge in [-0.1, -0.05) is 6.07 Å². The van der Waals surface area contributed by atoms with Crippen molar-refractivity contribution >= 4 is 0 Å². The van der Waals surface area contributed by atoms with Gasteiger partial charge in [-0.15, -0.1) is 0 Å². The molecule has 2 heterocycles. The summed E-state index contributed by atoms with van der Waals surface area (Å²) >= 11 is 0. The SMILES string of the molecule is FC(F)(F)c1cc(-c2ccc3c(n2)CCC3)ccn1. The van der Waals surface area contributed by atoms with Gasteiger partial charge in [0.1, 0.15) is 5.69 Å². The summed E-state index contributed by atoms with van der Waals surface area (Å²) in [5.41, 5.74) is 2.36. The Hall–Kier alpha value is -1.91. The second kappa shape index (κ2) is 4.33. The first-order valence-electron chi connectivity index (χ1n) is 6.06. The molecule has 0 aliphatic heterocycles. The highest BCUT2D eigenvalue weighted by Crippen LogP contribution is 2.31. The van der Waals surface area contributed by atoms with Crippen molar-refractivity contribution in [2.75, 3.05) is 0 Å². The van der Waals surface area contributed by atoms with Gasteiger partial charge in [0.05, 0.1) is 5.69 Å². The molecule has 0 radical (unpaired) electrons. The van der Waals surface area contributed by atoms with Crippen LogP contribution in [0.15, 0.2) is 30.5 Å². The van der Waals surface area contributed by atoms with E-state index in [4.69, 9.17) is 0 Å². The van der Waals surface area contributed by atoms with Gasteiger partial charge in [0.2, 0.25) is 0 Å². The van der Waals surface area contributed by atoms with Crippen LogP contribution in [0.25, 0.3) is 11.3 Å². The maximum absolute atomic E-state index is 12.6. The van der Waals surface area contributed by atoms with E-state index in [1.54, 1.807) is 12.1 Å². The second-order valence-electron chi connectivity index (χ2n) is 4.58. The molecule has 0 amide bonds. The minimum Gasteiger partial charge on any atom is -0.253 e. The van der Waals surface area contributed by atoms with Gasteiger partial charge in [-0.3, -0.25) is 9.97 Å². The van der Waals surface area contributed by atoms with Crippen LogP contribution in [0.2, 0.25) is 0 Å². The summed E-state index contributed by atoms with van der Waals surface area (Å²) in [6.45, 7) is 0. The molecule has 0 N–H and O–H groups in total. The zero-order valence-electron chi connectivity index (χ0n) is 10.0. The van der Waals surface area contributed by atoms with Crippen LogP contribution >= 0.6 is 0 Å². The fourth-order valence-corrected chi connectivity index (χ4v) is 2.33. The highest BCUT2D eigenvalue weighted by atomic mass is 19.4. The lowest BCUT2D eigenvalue weighted by Gasteiger charge is -2.08. The summed E-state index contributed by atoms with van der Waals surface area (Å²) in [4.78, 5) is 7.81. The average Bonchev–Trinajstić information content (AvgIpc) is 2.85. The van der Waals surface area contributed by atoms with E-state index >= 15 is 0 Å². The van der Waals surface area contributed by atoms with E-state index in [-0.39, 0.29) is 0 Å². The number of alkyl halides is 3. The highest BCUT2D eigenvalue weighted by Gasteiger charge is 2.32. The Bertz CT molecular complexity index is 620. The van der Waals surface area contributed by atoms with Crippen molar-refractivity contribution in [2.24, 2.45) is 0 Å². The molecule has 0 unspecified atom stereocenters. The molecule has 3 rings (SSSR count). The number of aryl methyl sites for hydroxylation is 2. The van der Waals surface area contributed by atoms with Crippen LogP contribution in [0.3, 0.4) is 0 Å². The third-order valence-corrected chi connectivity index (χ3v) is 3.27. The molecule has 0 saturated heterocycles. The van der Waals surface area contributed by atoms with Crippen LogP contribution < -0.4 is 0 Å². The molecule has 2 aromatic heterocycles. The normalized spacial score (nSPS) is 14.5. The van der Waals surface area contributed by atoms with Crippen molar-refractivity contribution in [3.05, 3.63) is 47.4 Å². The van der Waals surface area contributed by atoms with E-state index in [1.165, 1.54) is 11.8 Å². The maximum atomic E-state index is 12.6. The number of hydrogen-bond donors (Lipinski definition) is 0. The zero-order chi connectivity index (χ0) is 13.5. The van der Waals surface area contributed by atoms with E-state index in [2.05, 4.69) is 9.97 Å². The van der Waals surface area contributed by atoms with Crippen molar-refractivity contribution < 1.29 is 13.2 Å². The van der Waals surface area contributed by atoms with Gasteiger partial charge < -0.3 is 0 Å². The summed E-state index contributed by atoms with van der Waals surface area (Å²) in [6, 6.07) is 6.33. The third-order valence-electron chi connectivity index (χ3n) is 3.27. The minimum absolute atomic E-state index is 0.456. The van der Waals surface area contributed by atoms with Gasteiger partial charge in [-0.25, -0.2) is 0 Å². The van der Waals surface area contributed by atoms with Crippen molar-refractivity contribution in [3.8, 4) is 11.3 Å². The van der Waals surface area contributed by atoms with Gasteiger partial charge in [0.15, 0.2) is 0 Å². The number of rotatable bonds is 1. The van der Waals surface area contributed by atoms with Crippen LogP contribution in [0.1, 0.15) is 23.4 Å². The molecule has 5 heteroatoms. The molecular formula is C14H11F3N2. The smallest absolute Gasteiger partial charge is 0.253 e. The molecule has 0 fully saturated rings. The van der Waals surface area contributed by atoms with E-state index < -0.39 is 11.9 Å². The van der Waals surface area contributed by atoms with Crippen LogP contribution in [-0.4, -0.2) is 9.97 Å². The van der Waals surface area contributed by atoms with E-state index in [1.807, 2.05) is 6.07 Å². The van der Waals surface area contributed by atoms with E-state index in [0.29, 0.717) is 11.3 Å². The monoisotopic (exact) mass is 264 g/mol. The van der Waals surface area contributed by atoms with Gasteiger partial charge >= 0.3 is 6.18 Å². The largest absolute Gasteiger partial charge is 0.433 e. The molecule has 0 bridgehead atoms. The van der Waals surface area contributed by atoms with E-state index in [0.717, 1.165) is 31.0 Å². The molecular weight excluding hydrogens is 253 g/mol. The highest BCUT2D eigenvalue weighted by molar-refractivity contribution is 5.60. The first kappa shape index (κ1) is 12.1. The van der Waals surface area contributed by atoms with Crippen LogP contribution in [0.5, 0.6) is 0 Å². The lowest BCUT2D eigenvalue weighted by atomic mass is 10.1. The summed E-state index contributed by atoms with van der Waals surface area (Å²) in [5.74, 6) is 0. The number of aromatic nitrogens is 2. The second-order valence-corrected chi connectivity index (χ2v) is 4.58. The van der Waals surface area contributed by atoms with Gasteiger partial charge in [0, 0.05) is 17.5 Å². The molecule has 1 aliphatic carbocycles. The van der Waals surface area contributed by atoms with Crippen molar-refractivity contribution in [3.63, 3.8) is 0 Å². The predicted octanol–water partition coefficient (Wildman–Crippen LogP) is 3.65. The fraction of sp³-hybridized carbons (Fsp3) is 0.286. The van der Waals surface area contributed by atoms with Crippen LogP contribution in [0, 0.1) is 0 Å². The number of pyridine rings is 2. The van der Waals surface area contributed by atoms with Crippen molar-refractivity contribution in [2.45, 2.75) is 25.4 Å². The Morgan fingerprint density at radius 3 is 2.68 bits per heavy atom. The third kappa shape index (κ3) is 2.32. The predicted molar refractivity (Wildman–Crippen MR) is 64.5 cm³/mol. The Kier molecular flexibility index (Phi) is 2.77. The molecule has 98 valence electrons. The molecule has 0 atom stereocenters. The van der Waals surface area contributed by atoms with Crippen molar-refractivity contribution in [1.29, 1.82) is 0 Å². The molecule has 2 nitrogen and oxygen atoms in total.